The van der Waals surface area contributed by atoms with E-state index < -0.39 is 18.1 Å². The molecule has 7 heteroatoms. The Hall–Kier alpha value is -3.35. The van der Waals surface area contributed by atoms with Gasteiger partial charge in [-0.2, -0.15) is 0 Å². The molecule has 34 heavy (non-hydrogen) atoms. The van der Waals surface area contributed by atoms with Crippen LogP contribution in [0.3, 0.4) is 0 Å². The molecule has 0 aliphatic heterocycles. The number of nitrogens with zero attached hydrogens (tertiary/aromatic N) is 1. The van der Waals surface area contributed by atoms with E-state index >= 15 is 0 Å². The van der Waals surface area contributed by atoms with Crippen molar-refractivity contribution in [2.75, 3.05) is 13.2 Å². The average Bonchev–Trinajstić information content (AvgIpc) is 3.17. The van der Waals surface area contributed by atoms with Crippen molar-refractivity contribution in [2.24, 2.45) is 5.92 Å². The number of likely N-dealkylation sites (N-methyl/N-ethyl adjacent to an activating group) is 1. The molecule has 2 N–H and O–H groups in total. The van der Waals surface area contributed by atoms with Gasteiger partial charge in [-0.25, -0.2) is 9.59 Å². The fourth-order valence-corrected chi connectivity index (χ4v) is 5.28. The molecule has 0 bridgehead atoms. The molecule has 0 aromatic heterocycles. The highest BCUT2D eigenvalue weighted by molar-refractivity contribution is 5.85. The lowest BCUT2D eigenvalue weighted by Crippen LogP contribution is -2.47. The van der Waals surface area contributed by atoms with Crippen LogP contribution in [0, 0.1) is 5.92 Å². The van der Waals surface area contributed by atoms with E-state index in [1.54, 1.807) is 6.92 Å². The Morgan fingerprint density at radius 2 is 1.56 bits per heavy atom. The normalized spacial score (nSPS) is 20.1. The summed E-state index contributed by atoms with van der Waals surface area (Å²) in [7, 11) is 0. The molecule has 1 saturated carbocycles. The Bertz CT molecular complexity index is 1010. The van der Waals surface area contributed by atoms with Gasteiger partial charge in [0.1, 0.15) is 12.6 Å². The van der Waals surface area contributed by atoms with Crippen LogP contribution in [0.15, 0.2) is 48.5 Å². The number of alkyl carbamates (subject to hydrolysis) is 1. The Morgan fingerprint density at radius 1 is 1.00 bits per heavy atom. The van der Waals surface area contributed by atoms with Gasteiger partial charge in [0.15, 0.2) is 0 Å². The van der Waals surface area contributed by atoms with Crippen LogP contribution in [0.1, 0.15) is 56.6 Å². The molecule has 0 saturated heterocycles. The minimum atomic E-state index is -0.999. The molecule has 0 radical (unpaired) electrons. The van der Waals surface area contributed by atoms with Crippen LogP contribution in [0.5, 0.6) is 0 Å². The predicted octanol–water partition coefficient (Wildman–Crippen LogP) is 4.41. The van der Waals surface area contributed by atoms with Gasteiger partial charge in [-0.1, -0.05) is 48.5 Å². The molecule has 2 amide bonds. The zero-order chi connectivity index (χ0) is 24.2. The number of rotatable bonds is 7. The molecule has 2 aliphatic carbocycles. The van der Waals surface area contributed by atoms with Crippen LogP contribution in [0.25, 0.3) is 11.1 Å². The Balaban J connectivity index is 1.29. The molecule has 2 aromatic rings. The fourth-order valence-electron chi connectivity index (χ4n) is 5.28. The van der Waals surface area contributed by atoms with Gasteiger partial charge in [0.25, 0.3) is 0 Å². The maximum absolute atomic E-state index is 12.8. The molecule has 4 rings (SSSR count). The van der Waals surface area contributed by atoms with Crippen molar-refractivity contribution < 1.29 is 24.2 Å². The van der Waals surface area contributed by atoms with Gasteiger partial charge in [0.2, 0.25) is 5.91 Å². The lowest BCUT2D eigenvalue weighted by Gasteiger charge is -2.33. The fraction of sp³-hybridized carbons (Fsp3) is 0.444. The Labute approximate surface area is 200 Å². The topological polar surface area (TPSA) is 95.9 Å². The second kappa shape index (κ2) is 10.3. The molecule has 7 nitrogen and oxygen atoms in total. The molecule has 0 spiro atoms. The van der Waals surface area contributed by atoms with E-state index in [4.69, 9.17) is 4.74 Å². The molecule has 180 valence electrons. The number of ether oxygens (including phenoxy) is 1. The number of amides is 2. The van der Waals surface area contributed by atoms with Crippen LogP contribution < -0.4 is 5.32 Å². The standard InChI is InChI=1S/C27H32N2O5/c1-3-29(17(2)26(31)32)25(30)18-12-14-19(15-13-18)28-27(33)34-16-24-22-10-6-4-8-20(22)21-9-5-7-11-23(21)24/h4-11,17-19,24H,3,12-16H2,1-2H3,(H,28,33)(H,31,32). The van der Waals surface area contributed by atoms with Gasteiger partial charge in [-0.05, 0) is 61.8 Å². The number of benzene rings is 2. The highest BCUT2D eigenvalue weighted by Gasteiger charge is 2.34. The summed E-state index contributed by atoms with van der Waals surface area (Å²) in [5, 5.41) is 12.2. The lowest BCUT2D eigenvalue weighted by molar-refractivity contribution is -0.151. The molecular formula is C27H32N2O5. The Morgan fingerprint density at radius 3 is 2.09 bits per heavy atom. The average molecular weight is 465 g/mol. The first kappa shape index (κ1) is 23.8. The number of carbonyl (C=O) groups excluding carboxylic acids is 2. The number of carboxylic acid groups (broad SMARTS) is 1. The van der Waals surface area contributed by atoms with Crippen molar-refractivity contribution in [3.8, 4) is 11.1 Å². The first-order valence-corrected chi connectivity index (χ1v) is 12.1. The highest BCUT2D eigenvalue weighted by Crippen LogP contribution is 2.44. The van der Waals surface area contributed by atoms with E-state index in [1.807, 2.05) is 24.3 Å². The summed E-state index contributed by atoms with van der Waals surface area (Å²) < 4.78 is 5.64. The van der Waals surface area contributed by atoms with Crippen molar-refractivity contribution in [1.82, 2.24) is 10.2 Å². The first-order chi connectivity index (χ1) is 16.4. The van der Waals surface area contributed by atoms with Gasteiger partial charge in [0.05, 0.1) is 0 Å². The highest BCUT2D eigenvalue weighted by atomic mass is 16.5. The SMILES string of the molecule is CCN(C(=O)C1CCC(NC(=O)OCC2c3ccccc3-c3ccccc32)CC1)C(C)C(=O)O. The van der Waals surface area contributed by atoms with Gasteiger partial charge in [-0.3, -0.25) is 4.79 Å². The summed E-state index contributed by atoms with van der Waals surface area (Å²) in [4.78, 5) is 38.1. The van der Waals surface area contributed by atoms with Crippen LogP contribution in [0.4, 0.5) is 4.79 Å². The third-order valence-corrected chi connectivity index (χ3v) is 7.19. The van der Waals surface area contributed by atoms with E-state index in [1.165, 1.54) is 34.1 Å². The molecular weight excluding hydrogens is 432 g/mol. The zero-order valence-electron chi connectivity index (χ0n) is 19.7. The second-order valence-corrected chi connectivity index (χ2v) is 9.16. The number of carboxylic acids is 1. The van der Waals surface area contributed by atoms with E-state index in [2.05, 4.69) is 29.6 Å². The number of fused-ring (bicyclic) bond motifs is 3. The zero-order valence-corrected chi connectivity index (χ0v) is 19.7. The summed E-state index contributed by atoms with van der Waals surface area (Å²) in [6.45, 7) is 3.96. The number of nitrogens with one attached hydrogen (secondary N) is 1. The maximum atomic E-state index is 12.8. The molecule has 2 aliphatic rings. The van der Waals surface area contributed by atoms with E-state index in [9.17, 15) is 19.5 Å². The first-order valence-electron chi connectivity index (χ1n) is 12.1. The molecule has 2 aromatic carbocycles. The number of hydrogen-bond acceptors (Lipinski definition) is 4. The van der Waals surface area contributed by atoms with Gasteiger partial charge in [-0.15, -0.1) is 0 Å². The summed E-state index contributed by atoms with van der Waals surface area (Å²) in [5.41, 5.74) is 4.72. The second-order valence-electron chi connectivity index (χ2n) is 9.16. The molecule has 1 fully saturated rings. The smallest absolute Gasteiger partial charge is 0.407 e. The minimum Gasteiger partial charge on any atom is -0.480 e. The van der Waals surface area contributed by atoms with Gasteiger partial charge < -0.3 is 20.1 Å². The summed E-state index contributed by atoms with van der Waals surface area (Å²) >= 11 is 0. The van der Waals surface area contributed by atoms with E-state index in [0.717, 1.165) is 0 Å². The van der Waals surface area contributed by atoms with Crippen molar-refractivity contribution in [3.63, 3.8) is 0 Å². The summed E-state index contributed by atoms with van der Waals surface area (Å²) in [6, 6.07) is 15.6. The van der Waals surface area contributed by atoms with E-state index in [-0.39, 0.29) is 30.4 Å². The van der Waals surface area contributed by atoms with Crippen molar-refractivity contribution in [1.29, 1.82) is 0 Å². The van der Waals surface area contributed by atoms with E-state index in [0.29, 0.717) is 32.2 Å². The lowest BCUT2D eigenvalue weighted by atomic mass is 9.85. The van der Waals surface area contributed by atoms with Crippen LogP contribution in [-0.4, -0.2) is 53.2 Å². The van der Waals surface area contributed by atoms with Crippen LogP contribution >= 0.6 is 0 Å². The van der Waals surface area contributed by atoms with Crippen molar-refractivity contribution in [3.05, 3.63) is 59.7 Å². The summed E-state index contributed by atoms with van der Waals surface area (Å²) in [6.07, 6.45) is 2.14. The number of carbonyl (C=O) groups is 3. The van der Waals surface area contributed by atoms with Gasteiger partial charge in [0, 0.05) is 24.4 Å². The van der Waals surface area contributed by atoms with Crippen molar-refractivity contribution in [2.45, 2.75) is 57.5 Å². The molecule has 1 atom stereocenters. The monoisotopic (exact) mass is 464 g/mol. The Kier molecular flexibility index (Phi) is 7.20. The maximum Gasteiger partial charge on any atom is 0.407 e. The summed E-state index contributed by atoms with van der Waals surface area (Å²) in [5.74, 6) is -1.30. The third-order valence-electron chi connectivity index (χ3n) is 7.19. The predicted molar refractivity (Wildman–Crippen MR) is 128 cm³/mol. The quantitative estimate of drug-likeness (QED) is 0.633. The number of hydrogen-bond donors (Lipinski definition) is 2. The van der Waals surface area contributed by atoms with Crippen LogP contribution in [-0.2, 0) is 14.3 Å². The minimum absolute atomic E-state index is 0.0164. The third kappa shape index (κ3) is 4.79. The molecule has 1 unspecified atom stereocenters. The van der Waals surface area contributed by atoms with Gasteiger partial charge >= 0.3 is 12.1 Å². The molecule has 0 heterocycles. The largest absolute Gasteiger partial charge is 0.480 e. The number of aliphatic carboxylic acids is 1. The van der Waals surface area contributed by atoms with Crippen LogP contribution in [0.2, 0.25) is 0 Å². The van der Waals surface area contributed by atoms with Crippen molar-refractivity contribution >= 4 is 18.0 Å².